The summed E-state index contributed by atoms with van der Waals surface area (Å²) in [6, 6.07) is 0.688. The van der Waals surface area contributed by atoms with Crippen molar-refractivity contribution in [3.05, 3.63) is 0 Å². The standard InChI is InChI=1S/C15H32N2/c1-12(2)9-15(10-16)7-8-17(13(3)4)11-14-5-6-14/h12-15H,5-11,16H2,1-4H3/t15-/m1/s1. The Labute approximate surface area is 108 Å². The summed E-state index contributed by atoms with van der Waals surface area (Å²) in [7, 11) is 0. The third-order valence-electron chi connectivity index (χ3n) is 3.88. The zero-order valence-corrected chi connectivity index (χ0v) is 12.3. The first-order valence-corrected chi connectivity index (χ1v) is 7.47. The van der Waals surface area contributed by atoms with Crippen LogP contribution in [-0.4, -0.2) is 30.6 Å². The van der Waals surface area contributed by atoms with Crippen molar-refractivity contribution >= 4 is 0 Å². The predicted octanol–water partition coefficient (Wildman–Crippen LogP) is 3.12. The smallest absolute Gasteiger partial charge is 0.00387 e. The van der Waals surface area contributed by atoms with Crippen molar-refractivity contribution in [2.45, 2.75) is 59.4 Å². The van der Waals surface area contributed by atoms with Gasteiger partial charge in [-0.3, -0.25) is 0 Å². The molecule has 0 amide bonds. The molecule has 0 unspecified atom stereocenters. The van der Waals surface area contributed by atoms with Gasteiger partial charge in [-0.1, -0.05) is 13.8 Å². The predicted molar refractivity (Wildman–Crippen MR) is 76.0 cm³/mol. The van der Waals surface area contributed by atoms with Gasteiger partial charge < -0.3 is 10.6 Å². The van der Waals surface area contributed by atoms with Gasteiger partial charge in [0.15, 0.2) is 0 Å². The maximum Gasteiger partial charge on any atom is 0.00387 e. The van der Waals surface area contributed by atoms with E-state index >= 15 is 0 Å². The van der Waals surface area contributed by atoms with Gasteiger partial charge in [0, 0.05) is 12.6 Å². The highest BCUT2D eigenvalue weighted by molar-refractivity contribution is 4.79. The van der Waals surface area contributed by atoms with Crippen LogP contribution in [-0.2, 0) is 0 Å². The Kier molecular flexibility index (Phi) is 6.50. The number of hydrogen-bond donors (Lipinski definition) is 1. The van der Waals surface area contributed by atoms with E-state index in [9.17, 15) is 0 Å². The molecule has 0 aromatic heterocycles. The molecular formula is C15H32N2. The van der Waals surface area contributed by atoms with E-state index in [4.69, 9.17) is 5.73 Å². The fraction of sp³-hybridized carbons (Fsp3) is 1.00. The molecule has 1 fully saturated rings. The number of nitrogens with two attached hydrogens (primary N) is 1. The van der Waals surface area contributed by atoms with Crippen molar-refractivity contribution in [1.29, 1.82) is 0 Å². The Bertz CT molecular complexity index is 197. The van der Waals surface area contributed by atoms with Crippen molar-refractivity contribution in [2.24, 2.45) is 23.5 Å². The first-order chi connectivity index (χ1) is 8.02. The van der Waals surface area contributed by atoms with Gasteiger partial charge in [0.2, 0.25) is 0 Å². The lowest BCUT2D eigenvalue weighted by Crippen LogP contribution is -2.35. The summed E-state index contributed by atoms with van der Waals surface area (Å²) in [6.07, 6.45) is 5.47. The van der Waals surface area contributed by atoms with Gasteiger partial charge in [0.25, 0.3) is 0 Å². The Morgan fingerprint density at radius 1 is 1.18 bits per heavy atom. The van der Waals surface area contributed by atoms with E-state index < -0.39 is 0 Å². The third-order valence-corrected chi connectivity index (χ3v) is 3.88. The van der Waals surface area contributed by atoms with Crippen molar-refractivity contribution < 1.29 is 0 Å². The summed E-state index contributed by atoms with van der Waals surface area (Å²) in [6.45, 7) is 12.7. The van der Waals surface area contributed by atoms with Gasteiger partial charge in [-0.25, -0.2) is 0 Å². The molecule has 0 saturated heterocycles. The Balaban J connectivity index is 2.27. The molecule has 0 spiro atoms. The van der Waals surface area contributed by atoms with Crippen LogP contribution in [0.4, 0.5) is 0 Å². The normalized spacial score (nSPS) is 18.4. The topological polar surface area (TPSA) is 29.3 Å². The average Bonchev–Trinajstić information content (AvgIpc) is 3.04. The summed E-state index contributed by atoms with van der Waals surface area (Å²) in [5.41, 5.74) is 5.88. The van der Waals surface area contributed by atoms with E-state index in [1.165, 1.54) is 38.8 Å². The van der Waals surface area contributed by atoms with Crippen LogP contribution in [0.25, 0.3) is 0 Å². The van der Waals surface area contributed by atoms with Gasteiger partial charge in [0.05, 0.1) is 0 Å². The molecule has 0 aliphatic heterocycles. The second-order valence-corrected chi connectivity index (χ2v) is 6.55. The minimum atomic E-state index is 0.688. The second kappa shape index (κ2) is 7.38. The lowest BCUT2D eigenvalue weighted by atomic mass is 9.94. The minimum absolute atomic E-state index is 0.688. The minimum Gasteiger partial charge on any atom is -0.330 e. The molecule has 0 aromatic carbocycles. The van der Waals surface area contributed by atoms with Crippen molar-refractivity contribution in [3.8, 4) is 0 Å². The van der Waals surface area contributed by atoms with Crippen LogP contribution < -0.4 is 5.73 Å². The van der Waals surface area contributed by atoms with Crippen molar-refractivity contribution in [2.75, 3.05) is 19.6 Å². The van der Waals surface area contributed by atoms with E-state index in [1.807, 2.05) is 0 Å². The van der Waals surface area contributed by atoms with Crippen molar-refractivity contribution in [3.63, 3.8) is 0 Å². The monoisotopic (exact) mass is 240 g/mol. The second-order valence-electron chi connectivity index (χ2n) is 6.55. The molecule has 1 atom stereocenters. The highest BCUT2D eigenvalue weighted by Gasteiger charge is 2.25. The summed E-state index contributed by atoms with van der Waals surface area (Å²) >= 11 is 0. The molecule has 0 aromatic rings. The molecule has 1 rings (SSSR count). The molecule has 0 heterocycles. The zero-order valence-electron chi connectivity index (χ0n) is 12.3. The fourth-order valence-electron chi connectivity index (χ4n) is 2.54. The molecule has 1 aliphatic rings. The molecule has 2 nitrogen and oxygen atoms in total. The summed E-state index contributed by atoms with van der Waals surface area (Å²) < 4.78 is 0. The largest absolute Gasteiger partial charge is 0.330 e. The lowest BCUT2D eigenvalue weighted by Gasteiger charge is -2.28. The van der Waals surface area contributed by atoms with E-state index in [2.05, 4.69) is 32.6 Å². The van der Waals surface area contributed by atoms with Crippen molar-refractivity contribution in [1.82, 2.24) is 4.90 Å². The van der Waals surface area contributed by atoms with Crippen LogP contribution in [0.2, 0.25) is 0 Å². The lowest BCUT2D eigenvalue weighted by molar-refractivity contribution is 0.193. The summed E-state index contributed by atoms with van der Waals surface area (Å²) in [5.74, 6) is 2.49. The van der Waals surface area contributed by atoms with Crippen LogP contribution >= 0.6 is 0 Å². The molecule has 1 saturated carbocycles. The van der Waals surface area contributed by atoms with Crippen LogP contribution in [0.5, 0.6) is 0 Å². The van der Waals surface area contributed by atoms with Gasteiger partial charge in [-0.05, 0) is 70.4 Å². The number of nitrogens with zero attached hydrogens (tertiary/aromatic N) is 1. The third kappa shape index (κ3) is 6.42. The number of hydrogen-bond acceptors (Lipinski definition) is 2. The van der Waals surface area contributed by atoms with Gasteiger partial charge >= 0.3 is 0 Å². The Morgan fingerprint density at radius 3 is 2.24 bits per heavy atom. The van der Waals surface area contributed by atoms with E-state index in [0.29, 0.717) is 6.04 Å². The van der Waals surface area contributed by atoms with E-state index in [1.54, 1.807) is 0 Å². The Morgan fingerprint density at radius 2 is 1.82 bits per heavy atom. The molecule has 102 valence electrons. The summed E-state index contributed by atoms with van der Waals surface area (Å²) in [5, 5.41) is 0. The van der Waals surface area contributed by atoms with Gasteiger partial charge in [-0.2, -0.15) is 0 Å². The van der Waals surface area contributed by atoms with E-state index in [0.717, 1.165) is 24.3 Å². The van der Waals surface area contributed by atoms with Gasteiger partial charge in [0.1, 0.15) is 0 Å². The quantitative estimate of drug-likeness (QED) is 0.671. The first-order valence-electron chi connectivity index (χ1n) is 7.47. The maximum atomic E-state index is 5.88. The van der Waals surface area contributed by atoms with Crippen LogP contribution in [0.15, 0.2) is 0 Å². The van der Waals surface area contributed by atoms with Crippen LogP contribution in [0.1, 0.15) is 53.4 Å². The maximum absolute atomic E-state index is 5.88. The Hall–Kier alpha value is -0.0800. The zero-order chi connectivity index (χ0) is 12.8. The first kappa shape index (κ1) is 15.0. The SMILES string of the molecule is CC(C)C[C@H](CN)CCN(CC1CC1)C(C)C. The average molecular weight is 240 g/mol. The number of rotatable bonds is 9. The highest BCUT2D eigenvalue weighted by Crippen LogP contribution is 2.30. The molecule has 0 radical (unpaired) electrons. The highest BCUT2D eigenvalue weighted by atomic mass is 15.1. The fourth-order valence-corrected chi connectivity index (χ4v) is 2.54. The molecule has 17 heavy (non-hydrogen) atoms. The van der Waals surface area contributed by atoms with E-state index in [-0.39, 0.29) is 0 Å². The van der Waals surface area contributed by atoms with Crippen LogP contribution in [0, 0.1) is 17.8 Å². The van der Waals surface area contributed by atoms with Crippen LogP contribution in [0.3, 0.4) is 0 Å². The summed E-state index contributed by atoms with van der Waals surface area (Å²) in [4.78, 5) is 2.65. The molecule has 2 heteroatoms. The molecule has 1 aliphatic carbocycles. The molecular weight excluding hydrogens is 208 g/mol. The molecule has 0 bridgehead atoms. The van der Waals surface area contributed by atoms with Gasteiger partial charge in [-0.15, -0.1) is 0 Å². The molecule has 2 N–H and O–H groups in total.